The smallest absolute Gasteiger partial charge is 0.391 e. The van der Waals surface area contributed by atoms with Crippen LogP contribution in [-0.4, -0.2) is 56.7 Å². The van der Waals surface area contributed by atoms with Gasteiger partial charge in [0.05, 0.1) is 12.1 Å². The molecule has 1 saturated heterocycles. The third-order valence-electron chi connectivity index (χ3n) is 5.40. The Hall–Kier alpha value is -3.42. The van der Waals surface area contributed by atoms with E-state index in [1.807, 2.05) is 0 Å². The van der Waals surface area contributed by atoms with Gasteiger partial charge in [-0.1, -0.05) is 12.1 Å². The lowest BCUT2D eigenvalue weighted by Crippen LogP contribution is -2.60. The first-order chi connectivity index (χ1) is 15.9. The molecule has 0 spiro atoms. The molecule has 0 saturated carbocycles. The van der Waals surface area contributed by atoms with E-state index in [1.165, 1.54) is 41.6 Å². The van der Waals surface area contributed by atoms with E-state index in [1.54, 1.807) is 0 Å². The van der Waals surface area contributed by atoms with Crippen molar-refractivity contribution in [1.29, 1.82) is 0 Å². The number of hydrogen-bond donors (Lipinski definition) is 2. The molecule has 182 valence electrons. The van der Waals surface area contributed by atoms with E-state index in [4.69, 9.17) is 0 Å². The number of benzene rings is 1. The molecule has 0 radical (unpaired) electrons. The van der Waals surface area contributed by atoms with Gasteiger partial charge in [0.25, 0.3) is 12.3 Å². The number of aromatic nitrogens is 3. The number of alkyl halides is 6. The number of anilines is 1. The molecular weight excluding hydrogens is 475 g/mol. The SMILES string of the molecule is O=C(N[C@](F)(C(F)F)C(F)(F)F)c1c(N2C[C@@H](O)C[C@@H]2c2cccc(F)c2)nn2cccnc12. The van der Waals surface area contributed by atoms with E-state index in [2.05, 4.69) is 10.1 Å². The predicted octanol–water partition coefficient (Wildman–Crippen LogP) is 3.40. The summed E-state index contributed by atoms with van der Waals surface area (Å²) >= 11 is 0. The molecular formula is C20H16F7N5O2. The Bertz CT molecular complexity index is 1220. The van der Waals surface area contributed by atoms with Gasteiger partial charge in [0.1, 0.15) is 11.4 Å². The molecule has 3 atom stereocenters. The van der Waals surface area contributed by atoms with Gasteiger partial charge in [-0.25, -0.2) is 27.1 Å². The average Bonchev–Trinajstić information content (AvgIpc) is 3.33. The van der Waals surface area contributed by atoms with Crippen molar-refractivity contribution in [1.82, 2.24) is 19.9 Å². The zero-order valence-corrected chi connectivity index (χ0v) is 17.0. The summed E-state index contributed by atoms with van der Waals surface area (Å²) in [6, 6.07) is 5.86. The summed E-state index contributed by atoms with van der Waals surface area (Å²) in [4.78, 5) is 18.0. The Labute approximate surface area is 186 Å². The standard InChI is InChI=1S/C20H16F7N5O2/c21-11-4-1-3-10(7-11)13-8-12(33)9-31(13)16-14(15-28-5-2-6-32(15)30-16)17(34)29-19(24,18(22)23)20(25,26)27/h1-7,12-13,18,33H,8-9H2,(H,29,34)/t12-,13+,19+/m0/s1. The molecule has 7 nitrogen and oxygen atoms in total. The van der Waals surface area contributed by atoms with Gasteiger partial charge in [-0.2, -0.15) is 13.2 Å². The molecule has 1 aromatic carbocycles. The molecule has 34 heavy (non-hydrogen) atoms. The molecule has 1 aliphatic heterocycles. The minimum absolute atomic E-state index is 0.0401. The summed E-state index contributed by atoms with van der Waals surface area (Å²) < 4.78 is 94.3. The monoisotopic (exact) mass is 491 g/mol. The van der Waals surface area contributed by atoms with E-state index in [-0.39, 0.29) is 24.4 Å². The highest BCUT2D eigenvalue weighted by Gasteiger charge is 2.64. The Kier molecular flexibility index (Phi) is 5.87. The fourth-order valence-electron chi connectivity index (χ4n) is 3.83. The molecule has 1 fully saturated rings. The van der Waals surface area contributed by atoms with Gasteiger partial charge in [-0.3, -0.25) is 4.79 Å². The molecule has 0 aliphatic carbocycles. The van der Waals surface area contributed by atoms with E-state index in [0.717, 1.165) is 15.9 Å². The van der Waals surface area contributed by atoms with Crippen molar-refractivity contribution in [2.45, 2.75) is 37.0 Å². The number of β-amino-alcohol motifs (C(OH)–C–C–N with tert-alkyl or cyclic N) is 1. The Balaban J connectivity index is 1.83. The quantitative estimate of drug-likeness (QED) is 0.423. The van der Waals surface area contributed by atoms with Gasteiger partial charge in [0.15, 0.2) is 11.5 Å². The summed E-state index contributed by atoms with van der Waals surface area (Å²) in [5.41, 5.74) is -0.702. The van der Waals surface area contributed by atoms with Crippen molar-refractivity contribution in [3.63, 3.8) is 0 Å². The normalized spacial score (nSPS) is 20.7. The highest BCUT2D eigenvalue weighted by atomic mass is 19.4. The van der Waals surface area contributed by atoms with E-state index >= 15 is 0 Å². The minimum Gasteiger partial charge on any atom is -0.391 e. The third kappa shape index (κ3) is 4.02. The molecule has 0 bridgehead atoms. The Morgan fingerprint density at radius 2 is 1.94 bits per heavy atom. The van der Waals surface area contributed by atoms with Crippen LogP contribution in [0.25, 0.3) is 5.65 Å². The highest BCUT2D eigenvalue weighted by molar-refractivity contribution is 6.05. The molecule has 1 aliphatic rings. The maximum Gasteiger partial charge on any atom is 0.447 e. The zero-order valence-electron chi connectivity index (χ0n) is 17.0. The molecule has 3 aromatic rings. The van der Waals surface area contributed by atoms with Crippen LogP contribution in [0.15, 0.2) is 42.7 Å². The first kappa shape index (κ1) is 23.7. The highest BCUT2D eigenvalue weighted by Crippen LogP contribution is 2.40. The summed E-state index contributed by atoms with van der Waals surface area (Å²) in [6.07, 6.45) is -9.26. The number of nitrogens with zero attached hydrogens (tertiary/aromatic N) is 4. The fraction of sp³-hybridized carbons (Fsp3) is 0.350. The number of hydrogen-bond acceptors (Lipinski definition) is 5. The van der Waals surface area contributed by atoms with Gasteiger partial charge < -0.3 is 15.3 Å². The van der Waals surface area contributed by atoms with Crippen LogP contribution in [0.2, 0.25) is 0 Å². The van der Waals surface area contributed by atoms with Crippen LogP contribution in [0, 0.1) is 5.82 Å². The summed E-state index contributed by atoms with van der Waals surface area (Å²) in [6.45, 7) is -0.180. The second-order valence-corrected chi connectivity index (χ2v) is 7.66. The number of amides is 1. The maximum atomic E-state index is 14.3. The summed E-state index contributed by atoms with van der Waals surface area (Å²) in [7, 11) is 0. The van der Waals surface area contributed by atoms with Crippen molar-refractivity contribution >= 4 is 17.4 Å². The van der Waals surface area contributed by atoms with Gasteiger partial charge in [-0.05, 0) is 30.2 Å². The number of carbonyl (C=O) groups excluding carboxylic acids is 1. The minimum atomic E-state index is -6.12. The number of rotatable bonds is 5. The van der Waals surface area contributed by atoms with E-state index in [9.17, 15) is 40.6 Å². The van der Waals surface area contributed by atoms with Crippen molar-refractivity contribution in [3.8, 4) is 0 Å². The zero-order chi connectivity index (χ0) is 24.8. The van der Waals surface area contributed by atoms with Crippen LogP contribution in [0.3, 0.4) is 0 Å². The number of aliphatic hydroxyl groups excluding tert-OH is 1. The Morgan fingerprint density at radius 3 is 2.59 bits per heavy atom. The largest absolute Gasteiger partial charge is 0.447 e. The predicted molar refractivity (Wildman–Crippen MR) is 103 cm³/mol. The van der Waals surface area contributed by atoms with Crippen molar-refractivity contribution in [3.05, 3.63) is 59.7 Å². The van der Waals surface area contributed by atoms with Gasteiger partial charge in [-0.15, -0.1) is 5.10 Å². The Morgan fingerprint density at radius 1 is 1.21 bits per heavy atom. The van der Waals surface area contributed by atoms with Crippen molar-refractivity contribution in [2.24, 2.45) is 0 Å². The number of nitrogens with one attached hydrogen (secondary N) is 1. The number of fused-ring (bicyclic) bond motifs is 1. The lowest BCUT2D eigenvalue weighted by atomic mass is 10.0. The van der Waals surface area contributed by atoms with Crippen LogP contribution < -0.4 is 10.2 Å². The summed E-state index contributed by atoms with van der Waals surface area (Å²) in [5.74, 6) is -8.13. The lowest BCUT2D eigenvalue weighted by molar-refractivity contribution is -0.275. The molecule has 2 aromatic heterocycles. The molecule has 2 N–H and O–H groups in total. The van der Waals surface area contributed by atoms with E-state index < -0.39 is 47.8 Å². The van der Waals surface area contributed by atoms with E-state index in [0.29, 0.717) is 5.56 Å². The second kappa shape index (κ2) is 8.42. The topological polar surface area (TPSA) is 82.8 Å². The number of carbonyl (C=O) groups is 1. The number of aliphatic hydroxyl groups is 1. The lowest BCUT2D eigenvalue weighted by Gasteiger charge is -2.29. The molecule has 3 heterocycles. The van der Waals surface area contributed by atoms with Crippen LogP contribution in [0.5, 0.6) is 0 Å². The second-order valence-electron chi connectivity index (χ2n) is 7.66. The third-order valence-corrected chi connectivity index (χ3v) is 5.40. The summed E-state index contributed by atoms with van der Waals surface area (Å²) in [5, 5.41) is 15.1. The van der Waals surface area contributed by atoms with Gasteiger partial charge in [0.2, 0.25) is 0 Å². The van der Waals surface area contributed by atoms with Gasteiger partial charge in [0, 0.05) is 18.9 Å². The average molecular weight is 491 g/mol. The molecule has 0 unspecified atom stereocenters. The van der Waals surface area contributed by atoms with Crippen molar-refractivity contribution in [2.75, 3.05) is 11.4 Å². The van der Waals surface area contributed by atoms with Crippen LogP contribution >= 0.6 is 0 Å². The fourth-order valence-corrected chi connectivity index (χ4v) is 3.83. The van der Waals surface area contributed by atoms with Crippen molar-refractivity contribution < 1.29 is 40.6 Å². The first-order valence-corrected chi connectivity index (χ1v) is 9.82. The molecule has 14 heteroatoms. The van der Waals surface area contributed by atoms with Crippen LogP contribution in [0.4, 0.5) is 36.6 Å². The number of halogens is 7. The van der Waals surface area contributed by atoms with Gasteiger partial charge >= 0.3 is 12.0 Å². The maximum absolute atomic E-state index is 14.3. The van der Waals surface area contributed by atoms with Crippen LogP contribution in [-0.2, 0) is 0 Å². The first-order valence-electron chi connectivity index (χ1n) is 9.82. The molecule has 4 rings (SSSR count). The molecule has 1 amide bonds. The van der Waals surface area contributed by atoms with Crippen LogP contribution in [0.1, 0.15) is 28.4 Å².